The average molecular weight is 153 g/mol. The van der Waals surface area contributed by atoms with Crippen LogP contribution >= 0.6 is 0 Å². The molecule has 64 valence electrons. The SMILES string of the molecule is CCN1CC(C)CC2(CC2)C1. The fourth-order valence-corrected chi connectivity index (χ4v) is 2.63. The second kappa shape index (κ2) is 2.48. The van der Waals surface area contributed by atoms with Crippen molar-refractivity contribution < 1.29 is 0 Å². The standard InChI is InChI=1S/C10H19N/c1-3-11-7-9(2)6-10(8-11)4-5-10/h9H,3-8H2,1-2H3. The normalized spacial score (nSPS) is 36.0. The van der Waals surface area contributed by atoms with Gasteiger partial charge < -0.3 is 4.90 Å². The fourth-order valence-electron chi connectivity index (χ4n) is 2.63. The largest absolute Gasteiger partial charge is 0.303 e. The minimum Gasteiger partial charge on any atom is -0.303 e. The Morgan fingerprint density at radius 2 is 2.18 bits per heavy atom. The summed E-state index contributed by atoms with van der Waals surface area (Å²) in [6.07, 6.45) is 4.52. The third-order valence-electron chi connectivity index (χ3n) is 3.31. The van der Waals surface area contributed by atoms with E-state index in [-0.39, 0.29) is 0 Å². The molecule has 2 aliphatic rings. The Balaban J connectivity index is 1.97. The molecule has 1 heterocycles. The van der Waals surface area contributed by atoms with Gasteiger partial charge in [-0.25, -0.2) is 0 Å². The molecule has 1 nitrogen and oxygen atoms in total. The summed E-state index contributed by atoms with van der Waals surface area (Å²) in [4.78, 5) is 2.63. The molecule has 2 fully saturated rings. The first-order valence-corrected chi connectivity index (χ1v) is 4.96. The van der Waals surface area contributed by atoms with Gasteiger partial charge in [-0.1, -0.05) is 13.8 Å². The number of piperidine rings is 1. The number of nitrogens with zero attached hydrogens (tertiary/aromatic N) is 1. The summed E-state index contributed by atoms with van der Waals surface area (Å²) >= 11 is 0. The number of hydrogen-bond donors (Lipinski definition) is 0. The highest BCUT2D eigenvalue weighted by Gasteiger charge is 2.46. The quantitative estimate of drug-likeness (QED) is 0.558. The van der Waals surface area contributed by atoms with Gasteiger partial charge in [0.2, 0.25) is 0 Å². The van der Waals surface area contributed by atoms with E-state index in [1.54, 1.807) is 0 Å². The third-order valence-corrected chi connectivity index (χ3v) is 3.31. The number of rotatable bonds is 1. The molecule has 11 heavy (non-hydrogen) atoms. The first-order chi connectivity index (χ1) is 5.24. The van der Waals surface area contributed by atoms with Crippen molar-refractivity contribution in [2.24, 2.45) is 11.3 Å². The molecular weight excluding hydrogens is 134 g/mol. The van der Waals surface area contributed by atoms with E-state index < -0.39 is 0 Å². The second-order valence-electron chi connectivity index (χ2n) is 4.64. The van der Waals surface area contributed by atoms with Crippen molar-refractivity contribution in [1.29, 1.82) is 0 Å². The molecule has 0 aromatic heterocycles. The maximum Gasteiger partial charge on any atom is 0.00381 e. The molecule has 0 bridgehead atoms. The molecule has 1 saturated heterocycles. The van der Waals surface area contributed by atoms with Crippen LogP contribution in [0.1, 0.15) is 33.1 Å². The van der Waals surface area contributed by atoms with Crippen molar-refractivity contribution in [3.05, 3.63) is 0 Å². The van der Waals surface area contributed by atoms with Crippen LogP contribution in [0.25, 0.3) is 0 Å². The zero-order chi connectivity index (χ0) is 7.90. The van der Waals surface area contributed by atoms with E-state index in [4.69, 9.17) is 0 Å². The molecule has 1 atom stereocenters. The highest BCUT2D eigenvalue weighted by Crippen LogP contribution is 2.53. The molecule has 0 amide bonds. The van der Waals surface area contributed by atoms with Crippen molar-refractivity contribution in [2.75, 3.05) is 19.6 Å². The first kappa shape index (κ1) is 7.60. The Morgan fingerprint density at radius 1 is 1.45 bits per heavy atom. The van der Waals surface area contributed by atoms with Gasteiger partial charge in [0.1, 0.15) is 0 Å². The maximum absolute atomic E-state index is 2.63. The Bertz CT molecular complexity index is 149. The monoisotopic (exact) mass is 153 g/mol. The van der Waals surface area contributed by atoms with E-state index in [2.05, 4.69) is 18.7 Å². The minimum absolute atomic E-state index is 0.799. The third kappa shape index (κ3) is 1.44. The summed E-state index contributed by atoms with van der Waals surface area (Å²) in [7, 11) is 0. The van der Waals surface area contributed by atoms with Gasteiger partial charge in [-0.3, -0.25) is 0 Å². The van der Waals surface area contributed by atoms with E-state index in [1.807, 2.05) is 0 Å². The van der Waals surface area contributed by atoms with E-state index in [9.17, 15) is 0 Å². The van der Waals surface area contributed by atoms with Gasteiger partial charge in [0, 0.05) is 13.1 Å². The summed E-state index contributed by atoms with van der Waals surface area (Å²) in [5, 5.41) is 0. The van der Waals surface area contributed by atoms with Crippen LogP contribution in [0, 0.1) is 11.3 Å². The molecule has 0 radical (unpaired) electrons. The van der Waals surface area contributed by atoms with Crippen LogP contribution in [0.2, 0.25) is 0 Å². The van der Waals surface area contributed by atoms with Gasteiger partial charge in [0.05, 0.1) is 0 Å². The van der Waals surface area contributed by atoms with Gasteiger partial charge in [-0.15, -0.1) is 0 Å². The molecule has 0 aromatic rings. The Hall–Kier alpha value is -0.0400. The van der Waals surface area contributed by atoms with Gasteiger partial charge in [0.25, 0.3) is 0 Å². The van der Waals surface area contributed by atoms with Crippen LogP contribution < -0.4 is 0 Å². The Morgan fingerprint density at radius 3 is 2.73 bits per heavy atom. The molecule has 1 unspecified atom stereocenters. The molecule has 2 rings (SSSR count). The highest BCUT2D eigenvalue weighted by molar-refractivity contribution is 4.99. The molecule has 1 spiro atoms. The fraction of sp³-hybridized carbons (Fsp3) is 1.00. The summed E-state index contributed by atoms with van der Waals surface area (Å²) in [6.45, 7) is 8.69. The lowest BCUT2D eigenvalue weighted by molar-refractivity contribution is 0.125. The van der Waals surface area contributed by atoms with Gasteiger partial charge in [-0.05, 0) is 37.1 Å². The smallest absolute Gasteiger partial charge is 0.00381 e. The van der Waals surface area contributed by atoms with E-state index in [0.717, 1.165) is 11.3 Å². The zero-order valence-corrected chi connectivity index (χ0v) is 7.77. The van der Waals surface area contributed by atoms with Gasteiger partial charge in [-0.2, -0.15) is 0 Å². The summed E-state index contributed by atoms with van der Waals surface area (Å²) in [5.74, 6) is 0.950. The van der Waals surface area contributed by atoms with Crippen LogP contribution in [0.5, 0.6) is 0 Å². The van der Waals surface area contributed by atoms with E-state index >= 15 is 0 Å². The first-order valence-electron chi connectivity index (χ1n) is 4.96. The van der Waals surface area contributed by atoms with Crippen LogP contribution in [-0.4, -0.2) is 24.5 Å². The predicted molar refractivity (Wildman–Crippen MR) is 47.6 cm³/mol. The molecule has 1 aliphatic carbocycles. The summed E-state index contributed by atoms with van der Waals surface area (Å²) in [5.41, 5.74) is 0.799. The topological polar surface area (TPSA) is 3.24 Å². The Labute approximate surface area is 69.8 Å². The maximum atomic E-state index is 2.63. The van der Waals surface area contributed by atoms with Crippen molar-refractivity contribution in [1.82, 2.24) is 4.90 Å². The van der Waals surface area contributed by atoms with Crippen molar-refractivity contribution in [3.8, 4) is 0 Å². The average Bonchev–Trinajstić information content (AvgIpc) is 2.67. The lowest BCUT2D eigenvalue weighted by Gasteiger charge is -2.36. The lowest BCUT2D eigenvalue weighted by Crippen LogP contribution is -2.40. The second-order valence-corrected chi connectivity index (χ2v) is 4.64. The highest BCUT2D eigenvalue weighted by atomic mass is 15.1. The van der Waals surface area contributed by atoms with Crippen molar-refractivity contribution >= 4 is 0 Å². The molecule has 1 aliphatic heterocycles. The summed E-state index contributed by atoms with van der Waals surface area (Å²) in [6, 6.07) is 0. The van der Waals surface area contributed by atoms with Crippen LogP contribution in [0.15, 0.2) is 0 Å². The molecular formula is C10H19N. The van der Waals surface area contributed by atoms with Crippen molar-refractivity contribution in [3.63, 3.8) is 0 Å². The molecule has 0 aromatic carbocycles. The number of hydrogen-bond acceptors (Lipinski definition) is 1. The van der Waals surface area contributed by atoms with Crippen LogP contribution in [0.4, 0.5) is 0 Å². The zero-order valence-electron chi connectivity index (χ0n) is 7.77. The predicted octanol–water partition coefficient (Wildman–Crippen LogP) is 2.13. The van der Waals surface area contributed by atoms with Crippen LogP contribution in [0.3, 0.4) is 0 Å². The molecule has 1 saturated carbocycles. The van der Waals surface area contributed by atoms with E-state index in [0.29, 0.717) is 0 Å². The van der Waals surface area contributed by atoms with Gasteiger partial charge in [0.15, 0.2) is 0 Å². The Kier molecular flexibility index (Phi) is 1.71. The van der Waals surface area contributed by atoms with Gasteiger partial charge >= 0.3 is 0 Å². The summed E-state index contributed by atoms with van der Waals surface area (Å²) < 4.78 is 0. The molecule has 1 heteroatoms. The number of likely N-dealkylation sites (tertiary alicyclic amines) is 1. The van der Waals surface area contributed by atoms with Crippen LogP contribution in [-0.2, 0) is 0 Å². The minimum atomic E-state index is 0.799. The lowest BCUT2D eigenvalue weighted by atomic mass is 9.88. The van der Waals surface area contributed by atoms with E-state index in [1.165, 1.54) is 38.9 Å². The van der Waals surface area contributed by atoms with Crippen molar-refractivity contribution in [2.45, 2.75) is 33.1 Å². The molecule has 0 N–H and O–H groups in total.